The molecule has 0 aliphatic carbocycles. The highest BCUT2D eigenvalue weighted by Crippen LogP contribution is 2.49. The maximum atomic E-state index is 14.2. The van der Waals surface area contributed by atoms with Crippen molar-refractivity contribution in [3.8, 4) is 11.1 Å². The van der Waals surface area contributed by atoms with Crippen LogP contribution in [0.25, 0.3) is 11.1 Å². The SMILES string of the molecule is CC(C)(C)C(O)(c1cncnc1)c1ccc(-c2ccc(SC(F)(F)F)cc2)cc1C(F)(F)F. The first-order chi connectivity index (χ1) is 15.1. The average Bonchev–Trinajstić information content (AvgIpc) is 2.71. The van der Waals surface area contributed by atoms with E-state index in [1.54, 1.807) is 20.8 Å². The van der Waals surface area contributed by atoms with E-state index in [0.29, 0.717) is 5.56 Å². The van der Waals surface area contributed by atoms with Gasteiger partial charge in [-0.1, -0.05) is 45.0 Å². The molecule has 3 nitrogen and oxygen atoms in total. The van der Waals surface area contributed by atoms with Crippen LogP contribution in [0.4, 0.5) is 26.3 Å². The van der Waals surface area contributed by atoms with E-state index in [1.807, 2.05) is 0 Å². The summed E-state index contributed by atoms with van der Waals surface area (Å²) in [6, 6.07) is 8.52. The summed E-state index contributed by atoms with van der Waals surface area (Å²) in [7, 11) is 0. The Hall–Kier alpha value is -2.59. The molecule has 0 fully saturated rings. The van der Waals surface area contributed by atoms with Crippen LogP contribution >= 0.6 is 11.8 Å². The molecule has 1 N–H and O–H groups in total. The van der Waals surface area contributed by atoms with Crippen molar-refractivity contribution in [2.75, 3.05) is 0 Å². The van der Waals surface area contributed by atoms with Crippen LogP contribution in [0.3, 0.4) is 0 Å². The van der Waals surface area contributed by atoms with E-state index >= 15 is 0 Å². The molecule has 0 saturated heterocycles. The monoisotopic (exact) mass is 486 g/mol. The number of hydrogen-bond donors (Lipinski definition) is 1. The van der Waals surface area contributed by atoms with E-state index in [2.05, 4.69) is 9.97 Å². The van der Waals surface area contributed by atoms with E-state index in [0.717, 1.165) is 6.07 Å². The van der Waals surface area contributed by atoms with Crippen LogP contribution in [0.15, 0.2) is 66.1 Å². The van der Waals surface area contributed by atoms with Crippen molar-refractivity contribution >= 4 is 11.8 Å². The quantitative estimate of drug-likeness (QED) is 0.317. The molecule has 33 heavy (non-hydrogen) atoms. The van der Waals surface area contributed by atoms with Gasteiger partial charge in [0.15, 0.2) is 0 Å². The fraction of sp³-hybridized carbons (Fsp3) is 0.304. The number of benzene rings is 2. The zero-order chi connectivity index (χ0) is 24.7. The third-order valence-corrected chi connectivity index (χ3v) is 5.94. The minimum absolute atomic E-state index is 0.0786. The lowest BCUT2D eigenvalue weighted by atomic mass is 9.67. The van der Waals surface area contributed by atoms with Gasteiger partial charge in [0.1, 0.15) is 11.9 Å². The molecule has 0 spiro atoms. The van der Waals surface area contributed by atoms with Crippen LogP contribution in [-0.2, 0) is 11.8 Å². The first-order valence-corrected chi connectivity index (χ1v) is 10.5. The summed E-state index contributed by atoms with van der Waals surface area (Å²) in [6.07, 6.45) is -1.07. The second kappa shape index (κ2) is 8.64. The fourth-order valence-corrected chi connectivity index (χ4v) is 4.14. The summed E-state index contributed by atoms with van der Waals surface area (Å²) in [5.41, 5.74) is -8.49. The molecule has 0 amide bonds. The van der Waals surface area contributed by atoms with Gasteiger partial charge >= 0.3 is 11.7 Å². The van der Waals surface area contributed by atoms with Gasteiger partial charge in [-0.2, -0.15) is 26.3 Å². The molecule has 3 aromatic rings. The van der Waals surface area contributed by atoms with E-state index < -0.39 is 28.3 Å². The molecule has 10 heteroatoms. The van der Waals surface area contributed by atoms with E-state index in [1.165, 1.54) is 55.1 Å². The van der Waals surface area contributed by atoms with Gasteiger partial charge in [-0.3, -0.25) is 0 Å². The van der Waals surface area contributed by atoms with Gasteiger partial charge in [0.25, 0.3) is 0 Å². The number of hydrogen-bond acceptors (Lipinski definition) is 4. The number of nitrogens with zero attached hydrogens (tertiary/aromatic N) is 2. The van der Waals surface area contributed by atoms with E-state index in [4.69, 9.17) is 0 Å². The lowest BCUT2D eigenvalue weighted by molar-refractivity contribution is -0.142. The Kier molecular flexibility index (Phi) is 6.56. The van der Waals surface area contributed by atoms with Crippen molar-refractivity contribution < 1.29 is 31.4 Å². The van der Waals surface area contributed by atoms with E-state index in [9.17, 15) is 31.4 Å². The zero-order valence-electron chi connectivity index (χ0n) is 17.8. The van der Waals surface area contributed by atoms with Crippen LogP contribution < -0.4 is 0 Å². The number of aliphatic hydroxyl groups is 1. The predicted molar refractivity (Wildman–Crippen MR) is 113 cm³/mol. The van der Waals surface area contributed by atoms with Crippen molar-refractivity contribution in [1.29, 1.82) is 0 Å². The molecule has 1 aromatic heterocycles. The van der Waals surface area contributed by atoms with Gasteiger partial charge in [0.05, 0.1) is 5.56 Å². The molecular weight excluding hydrogens is 466 g/mol. The van der Waals surface area contributed by atoms with Crippen molar-refractivity contribution in [2.45, 2.75) is 43.0 Å². The largest absolute Gasteiger partial charge is 0.446 e. The minimum Gasteiger partial charge on any atom is -0.380 e. The van der Waals surface area contributed by atoms with Gasteiger partial charge in [0, 0.05) is 28.4 Å². The first-order valence-electron chi connectivity index (χ1n) is 9.69. The molecule has 0 aliphatic rings. The fourth-order valence-electron chi connectivity index (χ4n) is 3.60. The van der Waals surface area contributed by atoms with Crippen molar-refractivity contribution in [3.63, 3.8) is 0 Å². The Morgan fingerprint density at radius 3 is 1.79 bits per heavy atom. The Balaban J connectivity index is 2.16. The molecule has 0 bridgehead atoms. The van der Waals surface area contributed by atoms with Gasteiger partial charge in [-0.15, -0.1) is 0 Å². The molecular formula is C23H20F6N2OS. The zero-order valence-corrected chi connectivity index (χ0v) is 18.6. The molecule has 1 atom stereocenters. The highest BCUT2D eigenvalue weighted by Gasteiger charge is 2.49. The maximum Gasteiger partial charge on any atom is 0.446 e. The third kappa shape index (κ3) is 5.33. The molecule has 0 saturated carbocycles. The maximum absolute atomic E-state index is 14.2. The lowest BCUT2D eigenvalue weighted by Crippen LogP contribution is -2.42. The molecule has 2 aromatic carbocycles. The molecule has 0 radical (unpaired) electrons. The lowest BCUT2D eigenvalue weighted by Gasteiger charge is -2.42. The van der Waals surface area contributed by atoms with Crippen LogP contribution in [-0.4, -0.2) is 20.6 Å². The minimum atomic E-state index is -4.81. The number of alkyl halides is 6. The number of thioether (sulfide) groups is 1. The number of rotatable bonds is 4. The summed E-state index contributed by atoms with van der Waals surface area (Å²) in [5, 5.41) is 11.7. The summed E-state index contributed by atoms with van der Waals surface area (Å²) >= 11 is -0.307. The van der Waals surface area contributed by atoms with E-state index in [-0.39, 0.29) is 33.3 Å². The van der Waals surface area contributed by atoms with Gasteiger partial charge in [-0.25, -0.2) is 9.97 Å². The Labute approximate surface area is 190 Å². The smallest absolute Gasteiger partial charge is 0.380 e. The van der Waals surface area contributed by atoms with Crippen LogP contribution in [0, 0.1) is 5.41 Å². The van der Waals surface area contributed by atoms with Crippen LogP contribution in [0.2, 0.25) is 0 Å². The first kappa shape index (κ1) is 25.0. The second-order valence-electron chi connectivity index (χ2n) is 8.42. The third-order valence-electron chi connectivity index (χ3n) is 5.20. The summed E-state index contributed by atoms with van der Waals surface area (Å²) in [6.45, 7) is 4.81. The van der Waals surface area contributed by atoms with Crippen molar-refractivity contribution in [1.82, 2.24) is 9.97 Å². The summed E-state index contributed by atoms with van der Waals surface area (Å²) < 4.78 is 80.1. The van der Waals surface area contributed by atoms with Crippen LogP contribution in [0.5, 0.6) is 0 Å². The van der Waals surface area contributed by atoms with Crippen molar-refractivity contribution in [3.05, 3.63) is 77.9 Å². The Morgan fingerprint density at radius 2 is 1.30 bits per heavy atom. The molecule has 3 rings (SSSR count). The van der Waals surface area contributed by atoms with Gasteiger partial charge in [-0.05, 0) is 46.5 Å². The summed E-state index contributed by atoms with van der Waals surface area (Å²) in [4.78, 5) is 7.61. The molecule has 176 valence electrons. The van der Waals surface area contributed by atoms with Gasteiger partial charge in [0.2, 0.25) is 0 Å². The topological polar surface area (TPSA) is 46.0 Å². The predicted octanol–water partition coefficient (Wildman–Crippen LogP) is 7.06. The Bertz CT molecular complexity index is 1110. The number of halogens is 6. The summed E-state index contributed by atoms with van der Waals surface area (Å²) in [5.74, 6) is 0. The van der Waals surface area contributed by atoms with Crippen LogP contribution in [0.1, 0.15) is 37.5 Å². The molecule has 0 aliphatic heterocycles. The molecule has 1 heterocycles. The van der Waals surface area contributed by atoms with Gasteiger partial charge < -0.3 is 5.11 Å². The second-order valence-corrected chi connectivity index (χ2v) is 9.56. The standard InChI is InChI=1S/C23H20F6N2OS/c1-20(2,3)21(32,16-11-30-13-31-12-16)18-9-6-15(10-19(18)22(24,25)26)14-4-7-17(8-5-14)33-23(27,28)29/h4-13,32H,1-3H3. The average molecular weight is 486 g/mol. The number of aromatic nitrogens is 2. The normalized spacial score (nSPS) is 14.7. The van der Waals surface area contributed by atoms with Crippen molar-refractivity contribution in [2.24, 2.45) is 5.41 Å². The molecule has 1 unspecified atom stereocenters. The highest BCUT2D eigenvalue weighted by molar-refractivity contribution is 8.00. The highest BCUT2D eigenvalue weighted by atomic mass is 32.2. The Morgan fingerprint density at radius 1 is 0.758 bits per heavy atom.